The zero-order valence-corrected chi connectivity index (χ0v) is 8.02. The van der Waals surface area contributed by atoms with E-state index in [1.807, 2.05) is 0 Å². The fourth-order valence-electron chi connectivity index (χ4n) is 1.85. The second kappa shape index (κ2) is 2.69. The Kier molecular flexibility index (Phi) is 1.79. The molecule has 3 nitrogen and oxygen atoms in total. The minimum atomic E-state index is 0.273. The molecule has 0 spiro atoms. The predicted octanol–water partition coefficient (Wildman–Crippen LogP) is 1.95. The van der Waals surface area contributed by atoms with Crippen LogP contribution >= 0.6 is 11.5 Å². The molecule has 0 aromatic carbocycles. The molecule has 66 valence electrons. The third kappa shape index (κ3) is 1.20. The van der Waals surface area contributed by atoms with E-state index in [1.54, 1.807) is 0 Å². The van der Waals surface area contributed by atoms with Gasteiger partial charge in [0.05, 0.1) is 0 Å². The molecule has 2 rings (SSSR count). The summed E-state index contributed by atoms with van der Waals surface area (Å²) in [6.45, 7) is 2.26. The summed E-state index contributed by atoms with van der Waals surface area (Å²) in [6.07, 6.45) is 5.11. The zero-order chi connectivity index (χ0) is 8.60. The van der Waals surface area contributed by atoms with Gasteiger partial charge in [0.25, 0.3) is 0 Å². The molecule has 0 atom stereocenters. The second-order valence-electron chi connectivity index (χ2n) is 3.73. The van der Waals surface area contributed by atoms with Crippen molar-refractivity contribution in [3.63, 3.8) is 0 Å². The first-order chi connectivity index (χ1) is 5.71. The molecule has 12 heavy (non-hydrogen) atoms. The highest BCUT2D eigenvalue weighted by atomic mass is 32.1. The number of hydrogen-bond donors (Lipinski definition) is 1. The lowest BCUT2D eigenvalue weighted by Crippen LogP contribution is -2.16. The molecule has 0 bridgehead atoms. The Bertz CT molecular complexity index is 276. The molecule has 1 aliphatic carbocycles. The van der Waals surface area contributed by atoms with Crippen molar-refractivity contribution in [1.29, 1.82) is 0 Å². The van der Waals surface area contributed by atoms with E-state index in [0.717, 1.165) is 5.01 Å². The van der Waals surface area contributed by atoms with Crippen LogP contribution in [-0.4, -0.2) is 9.36 Å². The van der Waals surface area contributed by atoms with Crippen LogP contribution in [0.3, 0.4) is 0 Å². The van der Waals surface area contributed by atoms with Gasteiger partial charge in [-0.1, -0.05) is 19.8 Å². The van der Waals surface area contributed by atoms with Crippen molar-refractivity contribution in [2.75, 3.05) is 5.73 Å². The van der Waals surface area contributed by atoms with Crippen molar-refractivity contribution in [1.82, 2.24) is 9.36 Å². The number of hydrogen-bond acceptors (Lipinski definition) is 4. The number of nitrogens with two attached hydrogens (primary N) is 1. The molecule has 1 aromatic heterocycles. The van der Waals surface area contributed by atoms with E-state index in [0.29, 0.717) is 5.95 Å². The van der Waals surface area contributed by atoms with E-state index in [1.165, 1.54) is 37.2 Å². The summed E-state index contributed by atoms with van der Waals surface area (Å²) in [6, 6.07) is 0. The van der Waals surface area contributed by atoms with Gasteiger partial charge in [-0.3, -0.25) is 0 Å². The van der Waals surface area contributed by atoms with Crippen LogP contribution in [0.15, 0.2) is 0 Å². The summed E-state index contributed by atoms with van der Waals surface area (Å²) in [5.41, 5.74) is 5.77. The van der Waals surface area contributed by atoms with Gasteiger partial charge in [-0.25, -0.2) is 4.98 Å². The van der Waals surface area contributed by atoms with Gasteiger partial charge in [0, 0.05) is 5.41 Å². The van der Waals surface area contributed by atoms with E-state index >= 15 is 0 Å². The average molecular weight is 183 g/mol. The largest absolute Gasteiger partial charge is 0.367 e. The Morgan fingerprint density at radius 3 is 2.58 bits per heavy atom. The van der Waals surface area contributed by atoms with Crippen LogP contribution in [0.4, 0.5) is 5.95 Å². The minimum Gasteiger partial charge on any atom is -0.367 e. The molecular formula is C8H13N3S. The molecule has 0 aliphatic heterocycles. The van der Waals surface area contributed by atoms with Gasteiger partial charge >= 0.3 is 0 Å². The quantitative estimate of drug-likeness (QED) is 0.724. The molecule has 4 heteroatoms. The summed E-state index contributed by atoms with van der Waals surface area (Å²) in [7, 11) is 0. The molecule has 0 radical (unpaired) electrons. The van der Waals surface area contributed by atoms with Crippen LogP contribution in [-0.2, 0) is 5.41 Å². The van der Waals surface area contributed by atoms with Gasteiger partial charge in [0.2, 0.25) is 5.95 Å². The number of rotatable bonds is 1. The Morgan fingerprint density at radius 1 is 1.42 bits per heavy atom. The Morgan fingerprint density at radius 2 is 2.08 bits per heavy atom. The summed E-state index contributed by atoms with van der Waals surface area (Å²) >= 11 is 1.46. The fraction of sp³-hybridized carbons (Fsp3) is 0.750. The van der Waals surface area contributed by atoms with Gasteiger partial charge in [-0.2, -0.15) is 4.37 Å². The van der Waals surface area contributed by atoms with Crippen LogP contribution in [0.25, 0.3) is 0 Å². The monoisotopic (exact) mass is 183 g/mol. The van der Waals surface area contributed by atoms with Crippen molar-refractivity contribution in [3.8, 4) is 0 Å². The molecule has 1 heterocycles. The predicted molar refractivity (Wildman–Crippen MR) is 50.1 cm³/mol. The number of nitrogens with zero attached hydrogens (tertiary/aromatic N) is 2. The molecule has 0 saturated heterocycles. The van der Waals surface area contributed by atoms with Crippen LogP contribution in [0.5, 0.6) is 0 Å². The molecule has 0 unspecified atom stereocenters. The Labute approximate surface area is 76.2 Å². The summed E-state index contributed by atoms with van der Waals surface area (Å²) in [5.74, 6) is 0.433. The minimum absolute atomic E-state index is 0.273. The first-order valence-electron chi connectivity index (χ1n) is 4.30. The Balaban J connectivity index is 2.28. The van der Waals surface area contributed by atoms with Gasteiger partial charge in [0.15, 0.2) is 0 Å². The average Bonchev–Trinajstić information content (AvgIpc) is 2.59. The van der Waals surface area contributed by atoms with Crippen LogP contribution in [0.2, 0.25) is 0 Å². The van der Waals surface area contributed by atoms with E-state index < -0.39 is 0 Å². The van der Waals surface area contributed by atoms with Crippen molar-refractivity contribution in [2.24, 2.45) is 0 Å². The van der Waals surface area contributed by atoms with Crippen LogP contribution in [0, 0.1) is 0 Å². The fourth-order valence-corrected chi connectivity index (χ4v) is 2.63. The lowest BCUT2D eigenvalue weighted by molar-refractivity contribution is 0.489. The SMILES string of the molecule is CC1(c2nc(N)ns2)CCCC1. The molecule has 1 aromatic rings. The van der Waals surface area contributed by atoms with Crippen molar-refractivity contribution >= 4 is 17.5 Å². The summed E-state index contributed by atoms with van der Waals surface area (Å²) in [4.78, 5) is 4.25. The maximum atomic E-state index is 5.49. The van der Waals surface area contributed by atoms with Crippen LogP contribution < -0.4 is 5.73 Å². The zero-order valence-electron chi connectivity index (χ0n) is 7.21. The lowest BCUT2D eigenvalue weighted by Gasteiger charge is -2.18. The third-order valence-electron chi connectivity index (χ3n) is 2.67. The number of anilines is 1. The van der Waals surface area contributed by atoms with E-state index in [4.69, 9.17) is 5.73 Å². The molecule has 1 aliphatic rings. The van der Waals surface area contributed by atoms with Gasteiger partial charge in [-0.05, 0) is 24.4 Å². The maximum Gasteiger partial charge on any atom is 0.232 e. The van der Waals surface area contributed by atoms with Gasteiger partial charge < -0.3 is 5.73 Å². The smallest absolute Gasteiger partial charge is 0.232 e. The first kappa shape index (κ1) is 7.98. The maximum absolute atomic E-state index is 5.49. The number of aromatic nitrogens is 2. The van der Waals surface area contributed by atoms with E-state index in [-0.39, 0.29) is 5.41 Å². The standard InChI is InChI=1S/C8H13N3S/c1-8(4-2-3-5-8)6-10-7(9)11-12-6/h2-5H2,1H3,(H2,9,11). The highest BCUT2D eigenvalue weighted by Gasteiger charge is 2.33. The molecule has 1 saturated carbocycles. The van der Waals surface area contributed by atoms with Crippen molar-refractivity contribution < 1.29 is 0 Å². The van der Waals surface area contributed by atoms with Gasteiger partial charge in [-0.15, -0.1) is 0 Å². The topological polar surface area (TPSA) is 51.8 Å². The molecule has 2 N–H and O–H groups in total. The van der Waals surface area contributed by atoms with Crippen LogP contribution in [0.1, 0.15) is 37.6 Å². The summed E-state index contributed by atoms with van der Waals surface area (Å²) < 4.78 is 4.01. The van der Waals surface area contributed by atoms with Crippen molar-refractivity contribution in [3.05, 3.63) is 5.01 Å². The van der Waals surface area contributed by atoms with Crippen molar-refractivity contribution in [2.45, 2.75) is 38.0 Å². The molecular weight excluding hydrogens is 170 g/mol. The third-order valence-corrected chi connectivity index (χ3v) is 3.70. The van der Waals surface area contributed by atoms with Gasteiger partial charge in [0.1, 0.15) is 5.01 Å². The normalized spacial score (nSPS) is 21.4. The summed E-state index contributed by atoms with van der Waals surface area (Å²) in [5, 5.41) is 1.12. The first-order valence-corrected chi connectivity index (χ1v) is 5.08. The van der Waals surface area contributed by atoms with E-state index in [2.05, 4.69) is 16.3 Å². The number of nitrogen functional groups attached to an aromatic ring is 1. The second-order valence-corrected chi connectivity index (χ2v) is 4.48. The molecule has 0 amide bonds. The lowest BCUT2D eigenvalue weighted by atomic mass is 9.90. The highest BCUT2D eigenvalue weighted by Crippen LogP contribution is 2.41. The van der Waals surface area contributed by atoms with E-state index in [9.17, 15) is 0 Å². The molecule has 1 fully saturated rings. The Hall–Kier alpha value is -0.640. The highest BCUT2D eigenvalue weighted by molar-refractivity contribution is 7.05.